The summed E-state index contributed by atoms with van der Waals surface area (Å²) in [5.41, 5.74) is -1.80. The van der Waals surface area contributed by atoms with Gasteiger partial charge in [-0.3, -0.25) is 14.6 Å². The van der Waals surface area contributed by atoms with Gasteiger partial charge in [0.1, 0.15) is 29.5 Å². The van der Waals surface area contributed by atoms with E-state index in [1.54, 1.807) is 26.8 Å². The van der Waals surface area contributed by atoms with Gasteiger partial charge < -0.3 is 14.8 Å². The number of hydrogen-bond acceptors (Lipinski definition) is 8. The van der Waals surface area contributed by atoms with Gasteiger partial charge in [-0.05, 0) is 78.1 Å². The van der Waals surface area contributed by atoms with Crippen molar-refractivity contribution in [2.45, 2.75) is 86.6 Å². The van der Waals surface area contributed by atoms with E-state index in [0.717, 1.165) is 24.5 Å². The van der Waals surface area contributed by atoms with E-state index in [1.165, 1.54) is 31.4 Å². The lowest BCUT2D eigenvalue weighted by molar-refractivity contribution is -0.126. The minimum atomic E-state index is -4.02. The third kappa shape index (κ3) is 7.16. The van der Waals surface area contributed by atoms with E-state index < -0.39 is 44.3 Å². The van der Waals surface area contributed by atoms with Crippen LogP contribution in [-0.2, 0) is 19.4 Å². The summed E-state index contributed by atoms with van der Waals surface area (Å²) < 4.78 is 38.6. The van der Waals surface area contributed by atoms with Gasteiger partial charge in [0.2, 0.25) is 5.91 Å². The summed E-state index contributed by atoms with van der Waals surface area (Å²) in [6.07, 6.45) is 3.73. The molecule has 39 heavy (non-hydrogen) atoms. The highest BCUT2D eigenvalue weighted by Gasteiger charge is 2.51. The molecule has 1 aromatic rings. The van der Waals surface area contributed by atoms with Crippen molar-refractivity contribution in [2.24, 2.45) is 0 Å². The maximum atomic E-state index is 13.7. The van der Waals surface area contributed by atoms with E-state index in [1.807, 2.05) is 0 Å². The molecule has 0 bridgehead atoms. The molecule has 1 aliphatic carbocycles. The van der Waals surface area contributed by atoms with Gasteiger partial charge in [-0.2, -0.15) is 5.26 Å². The zero-order valence-corrected chi connectivity index (χ0v) is 24.3. The first-order valence-electron chi connectivity index (χ1n) is 13.5. The van der Waals surface area contributed by atoms with E-state index in [9.17, 15) is 23.3 Å². The minimum Gasteiger partial charge on any atom is -0.492 e. The van der Waals surface area contributed by atoms with Gasteiger partial charge in [0, 0.05) is 19.2 Å². The third-order valence-corrected chi connectivity index (χ3v) is 9.91. The number of nitriles is 1. The van der Waals surface area contributed by atoms with Gasteiger partial charge in [0.25, 0.3) is 0 Å². The van der Waals surface area contributed by atoms with Crippen LogP contribution in [0.4, 0.5) is 4.79 Å². The Hall–Kier alpha value is -2.55. The number of rotatable bonds is 8. The molecule has 0 unspecified atom stereocenters. The number of piperidine rings is 1. The molecule has 3 aliphatic rings. The van der Waals surface area contributed by atoms with Gasteiger partial charge >= 0.3 is 6.09 Å². The number of ether oxygens (including phenoxy) is 2. The first kappa shape index (κ1) is 29.4. The zero-order chi connectivity index (χ0) is 28.4. The van der Waals surface area contributed by atoms with Crippen LogP contribution in [0.2, 0.25) is 5.02 Å². The second-order valence-corrected chi connectivity index (χ2v) is 14.2. The minimum absolute atomic E-state index is 0.0172. The van der Waals surface area contributed by atoms with Gasteiger partial charge in [0.15, 0.2) is 9.84 Å². The molecule has 2 amide bonds. The van der Waals surface area contributed by atoms with E-state index in [4.69, 9.17) is 21.1 Å². The Balaban J connectivity index is 1.47. The molecule has 1 aromatic carbocycles. The van der Waals surface area contributed by atoms with Crippen LogP contribution in [0.1, 0.15) is 59.3 Å². The van der Waals surface area contributed by atoms with Crippen molar-refractivity contribution in [3.63, 3.8) is 0 Å². The van der Waals surface area contributed by atoms with E-state index in [2.05, 4.69) is 16.3 Å². The number of hydrogen-bond donors (Lipinski definition) is 1. The molecule has 214 valence electrons. The molecule has 0 radical (unpaired) electrons. The Labute approximate surface area is 235 Å². The molecule has 0 aromatic heterocycles. The fourth-order valence-electron chi connectivity index (χ4n) is 4.96. The Morgan fingerprint density at radius 3 is 2.49 bits per heavy atom. The summed E-state index contributed by atoms with van der Waals surface area (Å²) >= 11 is 6.43. The molecule has 12 heteroatoms. The van der Waals surface area contributed by atoms with E-state index in [-0.39, 0.29) is 22.9 Å². The Kier molecular flexibility index (Phi) is 8.69. The summed E-state index contributed by atoms with van der Waals surface area (Å²) in [6.45, 7) is 8.20. The van der Waals surface area contributed by atoms with Crippen LogP contribution >= 0.6 is 11.6 Å². The topological polar surface area (TPSA) is 129 Å². The normalized spacial score (nSPS) is 23.1. The Bertz CT molecular complexity index is 1230. The smallest absolute Gasteiger partial charge is 0.411 e. The van der Waals surface area contributed by atoms with Crippen LogP contribution in [0.15, 0.2) is 23.1 Å². The van der Waals surface area contributed by atoms with Crippen LogP contribution in [-0.4, -0.2) is 85.4 Å². The molecule has 4 rings (SSSR count). The Morgan fingerprint density at radius 1 is 1.21 bits per heavy atom. The zero-order valence-electron chi connectivity index (χ0n) is 22.7. The fourth-order valence-corrected chi connectivity index (χ4v) is 7.19. The van der Waals surface area contributed by atoms with Gasteiger partial charge in [-0.15, -0.1) is 0 Å². The maximum Gasteiger partial charge on any atom is 0.411 e. The van der Waals surface area contributed by atoms with Crippen molar-refractivity contribution in [1.82, 2.24) is 15.1 Å². The number of carbonyl (C=O) groups excluding carboxylic acids is 2. The second kappa shape index (κ2) is 11.5. The fraction of sp³-hybridized carbons (Fsp3) is 0.667. The van der Waals surface area contributed by atoms with Crippen molar-refractivity contribution in [3.8, 4) is 11.8 Å². The highest BCUT2D eigenvalue weighted by atomic mass is 35.5. The van der Waals surface area contributed by atoms with Crippen LogP contribution in [0.25, 0.3) is 0 Å². The second-order valence-electron chi connectivity index (χ2n) is 11.6. The summed E-state index contributed by atoms with van der Waals surface area (Å²) in [5.74, 6) is -0.0950. The number of benzene rings is 1. The molecule has 1 N–H and O–H groups in total. The number of likely N-dealkylation sites (tertiary alicyclic amines) is 2. The highest BCUT2D eigenvalue weighted by Crippen LogP contribution is 2.37. The summed E-state index contributed by atoms with van der Waals surface area (Å²) in [4.78, 5) is 29.5. The predicted octanol–water partition coefficient (Wildman–Crippen LogP) is 3.53. The molecular weight excluding hydrogens is 544 g/mol. The van der Waals surface area contributed by atoms with Crippen molar-refractivity contribution >= 4 is 33.4 Å². The number of halogens is 1. The SMILES string of the molecule is CC(C)(C)OC(=O)N1C[C@H](S(=O)(=O)c2ccc(OCCN3CCCCC3)cc2Cl)C[C@H]1C(=O)NC1(C#N)CC1. The predicted molar refractivity (Wildman–Crippen MR) is 145 cm³/mol. The summed E-state index contributed by atoms with van der Waals surface area (Å²) in [5, 5.41) is 11.0. The Morgan fingerprint density at radius 2 is 1.90 bits per heavy atom. The molecule has 2 aliphatic heterocycles. The van der Waals surface area contributed by atoms with E-state index >= 15 is 0 Å². The lowest BCUT2D eigenvalue weighted by Crippen LogP contribution is -2.50. The molecule has 2 atom stereocenters. The average molecular weight is 581 g/mol. The van der Waals surface area contributed by atoms with Crippen molar-refractivity contribution in [3.05, 3.63) is 23.2 Å². The quantitative estimate of drug-likeness (QED) is 0.494. The standard InChI is InChI=1S/C27H37ClN4O6S/c1-26(2,3)38-25(34)32-17-20(16-22(32)24(33)30-27(18-29)9-10-27)39(35,36)23-8-7-19(15-21(23)28)37-14-13-31-11-5-4-6-12-31/h7-8,15,20,22H,4-6,9-14,16-17H2,1-3H3,(H,30,33)/t20-,22+/m1/s1. The number of sulfone groups is 1. The van der Waals surface area contributed by atoms with Gasteiger partial charge in [-0.1, -0.05) is 18.0 Å². The molecule has 2 saturated heterocycles. The van der Waals surface area contributed by atoms with Crippen molar-refractivity contribution < 1.29 is 27.5 Å². The highest BCUT2D eigenvalue weighted by molar-refractivity contribution is 7.92. The maximum absolute atomic E-state index is 13.7. The number of amides is 2. The molecule has 3 fully saturated rings. The van der Waals surface area contributed by atoms with Crippen LogP contribution < -0.4 is 10.1 Å². The van der Waals surface area contributed by atoms with Gasteiger partial charge in [0.05, 0.1) is 21.2 Å². The summed E-state index contributed by atoms with van der Waals surface area (Å²) in [6, 6.07) is 5.46. The van der Waals surface area contributed by atoms with Crippen LogP contribution in [0.5, 0.6) is 5.75 Å². The summed E-state index contributed by atoms with van der Waals surface area (Å²) in [7, 11) is -4.02. The molecular formula is C27H37ClN4O6S. The van der Waals surface area contributed by atoms with E-state index in [0.29, 0.717) is 25.2 Å². The monoisotopic (exact) mass is 580 g/mol. The third-order valence-electron chi connectivity index (χ3n) is 7.29. The van der Waals surface area contributed by atoms with Crippen LogP contribution in [0, 0.1) is 11.3 Å². The van der Waals surface area contributed by atoms with Crippen molar-refractivity contribution in [2.75, 3.05) is 32.8 Å². The lowest BCUT2D eigenvalue weighted by atomic mass is 10.1. The number of carbonyl (C=O) groups is 2. The van der Waals surface area contributed by atoms with Gasteiger partial charge in [-0.25, -0.2) is 13.2 Å². The number of nitrogens with zero attached hydrogens (tertiary/aromatic N) is 3. The first-order chi connectivity index (χ1) is 18.3. The molecule has 10 nitrogen and oxygen atoms in total. The first-order valence-corrected chi connectivity index (χ1v) is 15.4. The van der Waals surface area contributed by atoms with Crippen LogP contribution in [0.3, 0.4) is 0 Å². The average Bonchev–Trinajstić information content (AvgIpc) is 3.48. The molecule has 2 heterocycles. The molecule has 0 spiro atoms. The number of nitrogens with one attached hydrogen (secondary N) is 1. The largest absolute Gasteiger partial charge is 0.492 e. The molecule has 1 saturated carbocycles. The van der Waals surface area contributed by atoms with Crippen molar-refractivity contribution in [1.29, 1.82) is 5.26 Å². The lowest BCUT2D eigenvalue weighted by Gasteiger charge is -2.28.